The predicted molar refractivity (Wildman–Crippen MR) is 110 cm³/mol. The van der Waals surface area contributed by atoms with Crippen LogP contribution in [0.15, 0.2) is 48.5 Å². The van der Waals surface area contributed by atoms with Crippen LogP contribution in [0.25, 0.3) is 11.3 Å². The Morgan fingerprint density at radius 1 is 1.03 bits per heavy atom. The van der Waals surface area contributed by atoms with Gasteiger partial charge in [-0.2, -0.15) is 15.2 Å². The highest BCUT2D eigenvalue weighted by Crippen LogP contribution is 2.25. The van der Waals surface area contributed by atoms with Gasteiger partial charge in [-0.25, -0.2) is 0 Å². The summed E-state index contributed by atoms with van der Waals surface area (Å²) >= 11 is 0. The van der Waals surface area contributed by atoms with Crippen LogP contribution in [0.3, 0.4) is 0 Å². The number of nitrogens with zero attached hydrogens (tertiary/aromatic N) is 3. The van der Waals surface area contributed by atoms with Gasteiger partial charge in [-0.15, -0.1) is 0 Å². The van der Waals surface area contributed by atoms with Crippen LogP contribution in [0.2, 0.25) is 0 Å². The molecular weight excluding hydrogens is 368 g/mol. The molecule has 0 aliphatic rings. The molecule has 3 aromatic rings. The van der Waals surface area contributed by atoms with E-state index in [1.165, 1.54) is 12.7 Å². The molecule has 1 aromatic heterocycles. The third kappa shape index (κ3) is 5.00. The Hall–Kier alpha value is -3.63. The van der Waals surface area contributed by atoms with Crippen molar-refractivity contribution in [3.8, 4) is 29.1 Å². The smallest absolute Gasteiger partial charge is 0.318 e. The van der Waals surface area contributed by atoms with Gasteiger partial charge in [0.05, 0.1) is 38.2 Å². The summed E-state index contributed by atoms with van der Waals surface area (Å²) in [7, 11) is 3.16. The summed E-state index contributed by atoms with van der Waals surface area (Å²) in [6, 6.07) is 17.3. The predicted octanol–water partition coefficient (Wildman–Crippen LogP) is 3.18. The summed E-state index contributed by atoms with van der Waals surface area (Å²) in [4.78, 5) is 8.72. The Labute approximate surface area is 169 Å². The maximum absolute atomic E-state index is 9.34. The van der Waals surface area contributed by atoms with Crippen molar-refractivity contribution >= 4 is 5.82 Å². The molecule has 3 rings (SSSR count). The number of anilines is 1. The van der Waals surface area contributed by atoms with Crippen molar-refractivity contribution in [1.82, 2.24) is 9.97 Å². The molecule has 1 heterocycles. The van der Waals surface area contributed by atoms with Crippen LogP contribution >= 0.6 is 0 Å². The summed E-state index contributed by atoms with van der Waals surface area (Å²) in [6.07, 6.45) is 0.815. The van der Waals surface area contributed by atoms with Crippen molar-refractivity contribution in [2.45, 2.75) is 13.0 Å². The molecule has 29 heavy (non-hydrogen) atoms. The Morgan fingerprint density at radius 2 is 1.83 bits per heavy atom. The van der Waals surface area contributed by atoms with E-state index in [2.05, 4.69) is 21.4 Å². The second kappa shape index (κ2) is 9.53. The lowest BCUT2D eigenvalue weighted by molar-refractivity contribution is 0.281. The highest BCUT2D eigenvalue weighted by atomic mass is 16.5. The van der Waals surface area contributed by atoms with Crippen molar-refractivity contribution < 1.29 is 14.6 Å². The maximum Gasteiger partial charge on any atom is 0.318 e. The molecule has 0 atom stereocenters. The fourth-order valence-corrected chi connectivity index (χ4v) is 2.86. The first-order valence-corrected chi connectivity index (χ1v) is 9.11. The Kier molecular flexibility index (Phi) is 6.61. The minimum absolute atomic E-state index is 0.186. The third-order valence-corrected chi connectivity index (χ3v) is 4.46. The fraction of sp³-hybridized carbons (Fsp3) is 0.227. The topological polar surface area (TPSA) is 100 Å². The number of nitrogens with one attached hydrogen (secondary N) is 1. The summed E-state index contributed by atoms with van der Waals surface area (Å²) in [6.45, 7) is 0.493. The first-order chi connectivity index (χ1) is 14.2. The standard InChI is InChI=1S/C22H22N4O3/c1-28-19-7-3-15(4-8-19)9-10-24-21-12-20(25-22(26-21)29-2)16-5-6-17(14-27)18(11-16)13-23/h3-8,11-12,27H,9-10,14H2,1-2H3,(H,24,25,26). The maximum atomic E-state index is 9.34. The molecule has 0 aliphatic heterocycles. The fourth-order valence-electron chi connectivity index (χ4n) is 2.86. The van der Waals surface area contributed by atoms with E-state index in [-0.39, 0.29) is 12.6 Å². The van der Waals surface area contributed by atoms with Crippen molar-refractivity contribution in [3.05, 3.63) is 65.2 Å². The largest absolute Gasteiger partial charge is 0.497 e. The molecule has 148 valence electrons. The summed E-state index contributed by atoms with van der Waals surface area (Å²) < 4.78 is 10.4. The molecule has 0 bridgehead atoms. The zero-order chi connectivity index (χ0) is 20.6. The van der Waals surface area contributed by atoms with Crippen LogP contribution in [-0.2, 0) is 13.0 Å². The summed E-state index contributed by atoms with van der Waals surface area (Å²) in [5, 5.41) is 21.9. The molecule has 0 aliphatic carbocycles. The molecule has 0 amide bonds. The number of ether oxygens (including phenoxy) is 2. The van der Waals surface area contributed by atoms with Gasteiger partial charge in [-0.3, -0.25) is 0 Å². The SMILES string of the molecule is COc1ccc(CCNc2cc(-c3ccc(CO)c(C#N)c3)nc(OC)n2)cc1. The molecule has 7 nitrogen and oxygen atoms in total. The Morgan fingerprint density at radius 3 is 2.48 bits per heavy atom. The van der Waals surface area contributed by atoms with Crippen molar-refractivity contribution in [2.24, 2.45) is 0 Å². The van der Waals surface area contributed by atoms with Gasteiger partial charge >= 0.3 is 6.01 Å². The highest BCUT2D eigenvalue weighted by molar-refractivity contribution is 5.65. The number of hydrogen-bond donors (Lipinski definition) is 2. The molecular formula is C22H22N4O3. The molecule has 0 fully saturated rings. The zero-order valence-electron chi connectivity index (χ0n) is 16.3. The van der Waals surface area contributed by atoms with E-state index in [9.17, 15) is 10.4 Å². The summed E-state index contributed by atoms with van der Waals surface area (Å²) in [5.74, 6) is 1.46. The van der Waals surface area contributed by atoms with E-state index in [1.54, 1.807) is 19.2 Å². The van der Waals surface area contributed by atoms with Gasteiger partial charge in [0.1, 0.15) is 11.6 Å². The Balaban J connectivity index is 1.77. The lowest BCUT2D eigenvalue weighted by Crippen LogP contribution is -2.08. The number of aliphatic hydroxyl groups excluding tert-OH is 1. The van der Waals surface area contributed by atoms with Crippen molar-refractivity contribution in [3.63, 3.8) is 0 Å². The number of aromatic nitrogens is 2. The average molecular weight is 390 g/mol. The van der Waals surface area contributed by atoms with Gasteiger partial charge in [0.25, 0.3) is 0 Å². The molecule has 2 aromatic carbocycles. The monoisotopic (exact) mass is 390 g/mol. The molecule has 7 heteroatoms. The van der Waals surface area contributed by atoms with Crippen LogP contribution in [0.4, 0.5) is 5.82 Å². The number of nitriles is 1. The van der Waals surface area contributed by atoms with Crippen LogP contribution in [0, 0.1) is 11.3 Å². The van der Waals surface area contributed by atoms with E-state index >= 15 is 0 Å². The second-order valence-electron chi connectivity index (χ2n) is 6.29. The van der Waals surface area contributed by atoms with E-state index in [4.69, 9.17) is 9.47 Å². The van der Waals surface area contributed by atoms with Gasteiger partial charge < -0.3 is 19.9 Å². The van der Waals surface area contributed by atoms with E-state index in [1.807, 2.05) is 36.4 Å². The van der Waals surface area contributed by atoms with Crippen molar-refractivity contribution in [2.75, 3.05) is 26.1 Å². The van der Waals surface area contributed by atoms with Crippen LogP contribution < -0.4 is 14.8 Å². The highest BCUT2D eigenvalue weighted by Gasteiger charge is 2.10. The second-order valence-corrected chi connectivity index (χ2v) is 6.29. The molecule has 0 saturated heterocycles. The van der Waals surface area contributed by atoms with E-state index < -0.39 is 0 Å². The number of aliphatic hydroxyl groups is 1. The normalized spacial score (nSPS) is 10.3. The third-order valence-electron chi connectivity index (χ3n) is 4.46. The minimum Gasteiger partial charge on any atom is -0.497 e. The van der Waals surface area contributed by atoms with Gasteiger partial charge in [0.15, 0.2) is 0 Å². The first-order valence-electron chi connectivity index (χ1n) is 9.11. The molecule has 2 N–H and O–H groups in total. The quantitative estimate of drug-likeness (QED) is 0.609. The average Bonchev–Trinajstić information content (AvgIpc) is 2.78. The number of hydrogen-bond acceptors (Lipinski definition) is 7. The Bertz CT molecular complexity index is 1010. The van der Waals surface area contributed by atoms with Gasteiger partial charge in [-0.05, 0) is 35.7 Å². The number of benzene rings is 2. The van der Waals surface area contributed by atoms with Gasteiger partial charge in [-0.1, -0.05) is 24.3 Å². The van der Waals surface area contributed by atoms with Crippen LogP contribution in [0.1, 0.15) is 16.7 Å². The van der Waals surface area contributed by atoms with Crippen LogP contribution in [0.5, 0.6) is 11.8 Å². The summed E-state index contributed by atoms with van der Waals surface area (Å²) in [5.41, 5.74) is 3.55. The lowest BCUT2D eigenvalue weighted by atomic mass is 10.0. The van der Waals surface area contributed by atoms with Crippen LogP contribution in [-0.4, -0.2) is 35.8 Å². The molecule has 0 saturated carbocycles. The van der Waals surface area contributed by atoms with E-state index in [0.717, 1.165) is 17.7 Å². The molecule has 0 spiro atoms. The number of methoxy groups -OCH3 is 2. The molecule has 0 radical (unpaired) electrons. The minimum atomic E-state index is -0.186. The zero-order valence-corrected chi connectivity index (χ0v) is 16.3. The lowest BCUT2D eigenvalue weighted by Gasteiger charge is -2.11. The van der Waals surface area contributed by atoms with Gasteiger partial charge in [0, 0.05) is 18.2 Å². The van der Waals surface area contributed by atoms with Crippen molar-refractivity contribution in [1.29, 1.82) is 5.26 Å². The van der Waals surface area contributed by atoms with E-state index in [0.29, 0.717) is 29.2 Å². The first kappa shape index (κ1) is 20.1. The molecule has 0 unspecified atom stereocenters. The van der Waals surface area contributed by atoms with Gasteiger partial charge in [0.2, 0.25) is 0 Å². The number of rotatable bonds is 8.